The van der Waals surface area contributed by atoms with Gasteiger partial charge in [-0.25, -0.2) is 0 Å². The van der Waals surface area contributed by atoms with E-state index in [-0.39, 0.29) is 17.4 Å². The third-order valence-electron chi connectivity index (χ3n) is 5.33. The minimum Gasteiger partial charge on any atom is -0.392 e. The van der Waals surface area contributed by atoms with E-state index in [2.05, 4.69) is 18.0 Å². The number of hydrogen-bond acceptors (Lipinski definition) is 2. The molecule has 2 nitrogen and oxygen atoms in total. The highest BCUT2D eigenvalue weighted by Crippen LogP contribution is 2.46. The smallest absolute Gasteiger partial charge is 0.0677 e. The van der Waals surface area contributed by atoms with Gasteiger partial charge in [0.05, 0.1) is 6.10 Å². The third kappa shape index (κ3) is 2.43. The van der Waals surface area contributed by atoms with Gasteiger partial charge in [-0.3, -0.25) is 4.98 Å². The van der Waals surface area contributed by atoms with Gasteiger partial charge in [0.15, 0.2) is 0 Å². The molecule has 2 aliphatic carbocycles. The molecule has 2 unspecified atom stereocenters. The highest BCUT2D eigenvalue weighted by atomic mass is 16.3. The molecule has 0 spiro atoms. The van der Waals surface area contributed by atoms with Crippen LogP contribution in [0.1, 0.15) is 69.0 Å². The fourth-order valence-electron chi connectivity index (χ4n) is 4.09. The minimum atomic E-state index is -0.221. The molecule has 0 bridgehead atoms. The van der Waals surface area contributed by atoms with Crippen molar-refractivity contribution in [3.8, 4) is 0 Å². The molecular formula is C17H25NO. The predicted molar refractivity (Wildman–Crippen MR) is 77.1 cm³/mol. The lowest BCUT2D eigenvalue weighted by atomic mass is 9.66. The van der Waals surface area contributed by atoms with Crippen LogP contribution >= 0.6 is 0 Å². The molecule has 1 N–H and O–H groups in total. The number of aromatic nitrogens is 1. The summed E-state index contributed by atoms with van der Waals surface area (Å²) in [5, 5.41) is 11.0. The summed E-state index contributed by atoms with van der Waals surface area (Å²) in [5.74, 6) is 0.257. The molecule has 1 aromatic rings. The minimum absolute atomic E-state index is 0.106. The van der Waals surface area contributed by atoms with E-state index in [4.69, 9.17) is 0 Å². The van der Waals surface area contributed by atoms with E-state index >= 15 is 0 Å². The van der Waals surface area contributed by atoms with E-state index in [0.29, 0.717) is 0 Å². The normalized spacial score (nSPS) is 27.6. The van der Waals surface area contributed by atoms with Crippen molar-refractivity contribution in [3.05, 3.63) is 29.6 Å². The van der Waals surface area contributed by atoms with Crippen molar-refractivity contribution in [2.24, 2.45) is 5.41 Å². The van der Waals surface area contributed by atoms with Gasteiger partial charge >= 0.3 is 0 Å². The summed E-state index contributed by atoms with van der Waals surface area (Å²) in [7, 11) is 0. The van der Waals surface area contributed by atoms with Crippen LogP contribution in [-0.4, -0.2) is 16.2 Å². The van der Waals surface area contributed by atoms with Crippen LogP contribution in [0, 0.1) is 5.41 Å². The van der Waals surface area contributed by atoms with E-state index in [0.717, 1.165) is 12.8 Å². The van der Waals surface area contributed by atoms with Gasteiger partial charge in [0, 0.05) is 17.8 Å². The van der Waals surface area contributed by atoms with Gasteiger partial charge in [-0.05, 0) is 49.1 Å². The van der Waals surface area contributed by atoms with Crippen LogP contribution in [0.3, 0.4) is 0 Å². The Morgan fingerprint density at radius 1 is 1.26 bits per heavy atom. The number of rotatable bonds is 2. The highest BCUT2D eigenvalue weighted by Gasteiger charge is 2.41. The van der Waals surface area contributed by atoms with E-state index in [1.165, 1.54) is 49.8 Å². The molecule has 0 aliphatic heterocycles. The lowest BCUT2D eigenvalue weighted by molar-refractivity contribution is -0.0139. The first kappa shape index (κ1) is 13.1. The quantitative estimate of drug-likeness (QED) is 0.875. The Balaban J connectivity index is 1.86. The molecule has 1 heterocycles. The van der Waals surface area contributed by atoms with E-state index in [1.807, 2.05) is 12.3 Å². The van der Waals surface area contributed by atoms with Crippen molar-refractivity contribution < 1.29 is 5.11 Å². The summed E-state index contributed by atoms with van der Waals surface area (Å²) in [4.78, 5) is 4.59. The molecule has 1 aromatic heterocycles. The maximum absolute atomic E-state index is 11.0. The lowest BCUT2D eigenvalue weighted by Crippen LogP contribution is -2.40. The predicted octanol–water partition coefficient (Wildman–Crippen LogP) is 3.83. The second-order valence-electron chi connectivity index (χ2n) is 6.71. The standard InChI is InChI=1S/C17H25NO/c1-17(10-3-2-4-11-17)16(19)14-9-5-7-13-8-6-12-18-15(13)14/h6,8,12,14,16,19H,2-5,7,9-11H2,1H3. The van der Waals surface area contributed by atoms with Gasteiger partial charge in [-0.2, -0.15) is 0 Å². The average molecular weight is 259 g/mol. The van der Waals surface area contributed by atoms with E-state index < -0.39 is 0 Å². The van der Waals surface area contributed by atoms with Crippen molar-refractivity contribution in [3.63, 3.8) is 0 Å². The summed E-state index contributed by atoms with van der Waals surface area (Å²) in [6, 6.07) is 4.21. The van der Waals surface area contributed by atoms with Crippen LogP contribution < -0.4 is 0 Å². The lowest BCUT2D eigenvalue weighted by Gasteiger charge is -2.42. The van der Waals surface area contributed by atoms with Gasteiger partial charge in [0.1, 0.15) is 0 Å². The topological polar surface area (TPSA) is 33.1 Å². The second kappa shape index (κ2) is 5.24. The number of nitrogens with zero attached hydrogens (tertiary/aromatic N) is 1. The molecule has 2 heteroatoms. The summed E-state index contributed by atoms with van der Waals surface area (Å²) in [6.07, 6.45) is 11.3. The van der Waals surface area contributed by atoms with Crippen molar-refractivity contribution in [1.29, 1.82) is 0 Å². The first-order valence-electron chi connectivity index (χ1n) is 7.82. The SMILES string of the molecule is CC1(C(O)C2CCCc3cccnc32)CCCCC1. The van der Waals surface area contributed by atoms with Crippen LogP contribution in [0.2, 0.25) is 0 Å². The maximum Gasteiger partial charge on any atom is 0.0677 e. The summed E-state index contributed by atoms with van der Waals surface area (Å²) in [5.41, 5.74) is 2.64. The highest BCUT2D eigenvalue weighted by molar-refractivity contribution is 5.27. The zero-order valence-electron chi connectivity index (χ0n) is 11.9. The fourth-order valence-corrected chi connectivity index (χ4v) is 4.09. The molecule has 104 valence electrons. The molecule has 0 radical (unpaired) electrons. The van der Waals surface area contributed by atoms with Crippen LogP contribution in [0.5, 0.6) is 0 Å². The van der Waals surface area contributed by atoms with Gasteiger partial charge in [0.25, 0.3) is 0 Å². The van der Waals surface area contributed by atoms with Crippen molar-refractivity contribution in [2.45, 2.75) is 70.3 Å². The number of hydrogen-bond donors (Lipinski definition) is 1. The zero-order valence-corrected chi connectivity index (χ0v) is 11.9. The van der Waals surface area contributed by atoms with Crippen LogP contribution in [0.4, 0.5) is 0 Å². The van der Waals surface area contributed by atoms with Gasteiger partial charge < -0.3 is 5.11 Å². The molecule has 2 atom stereocenters. The van der Waals surface area contributed by atoms with E-state index in [1.54, 1.807) is 0 Å². The molecule has 0 aromatic carbocycles. The number of fused-ring (bicyclic) bond motifs is 1. The molecular weight excluding hydrogens is 234 g/mol. The van der Waals surface area contributed by atoms with Crippen molar-refractivity contribution in [2.75, 3.05) is 0 Å². The van der Waals surface area contributed by atoms with Crippen LogP contribution in [0.15, 0.2) is 18.3 Å². The Bertz CT molecular complexity index is 437. The van der Waals surface area contributed by atoms with Crippen LogP contribution in [0.25, 0.3) is 0 Å². The van der Waals surface area contributed by atoms with Crippen molar-refractivity contribution >= 4 is 0 Å². The average Bonchev–Trinajstić information content (AvgIpc) is 2.47. The fraction of sp³-hybridized carbons (Fsp3) is 0.706. The molecule has 3 rings (SSSR count). The third-order valence-corrected chi connectivity index (χ3v) is 5.33. The number of aliphatic hydroxyl groups excluding tert-OH is 1. The second-order valence-corrected chi connectivity index (χ2v) is 6.71. The monoisotopic (exact) mass is 259 g/mol. The largest absolute Gasteiger partial charge is 0.392 e. The van der Waals surface area contributed by atoms with Crippen molar-refractivity contribution in [1.82, 2.24) is 4.98 Å². The maximum atomic E-state index is 11.0. The summed E-state index contributed by atoms with van der Waals surface area (Å²) in [6.45, 7) is 2.29. The van der Waals surface area contributed by atoms with Gasteiger partial charge in [-0.15, -0.1) is 0 Å². The Morgan fingerprint density at radius 3 is 2.84 bits per heavy atom. The Labute approximate surface area is 116 Å². The van der Waals surface area contributed by atoms with Gasteiger partial charge in [0.2, 0.25) is 0 Å². The Kier molecular flexibility index (Phi) is 3.62. The van der Waals surface area contributed by atoms with Crippen LogP contribution in [-0.2, 0) is 6.42 Å². The number of aryl methyl sites for hydroxylation is 1. The molecule has 2 aliphatic rings. The Morgan fingerprint density at radius 2 is 2.05 bits per heavy atom. The molecule has 1 saturated carbocycles. The summed E-state index contributed by atoms with van der Waals surface area (Å²) >= 11 is 0. The zero-order chi connectivity index (χ0) is 13.3. The molecule has 19 heavy (non-hydrogen) atoms. The first-order valence-corrected chi connectivity index (χ1v) is 7.82. The number of aliphatic hydroxyl groups is 1. The Hall–Kier alpha value is -0.890. The molecule has 0 saturated heterocycles. The van der Waals surface area contributed by atoms with Gasteiger partial charge in [-0.1, -0.05) is 32.3 Å². The first-order chi connectivity index (χ1) is 9.21. The summed E-state index contributed by atoms with van der Waals surface area (Å²) < 4.78 is 0. The van der Waals surface area contributed by atoms with E-state index in [9.17, 15) is 5.11 Å². The molecule has 0 amide bonds. The number of pyridine rings is 1. The molecule has 1 fully saturated rings.